The first-order chi connectivity index (χ1) is 25.7. The Balaban J connectivity index is 0.000000238. The van der Waals surface area contributed by atoms with Gasteiger partial charge in [-0.05, 0) is 105 Å². The molecule has 1 fully saturated rings. The minimum absolute atomic E-state index is 0.0610. The molecule has 0 aromatic heterocycles. The fourth-order valence-corrected chi connectivity index (χ4v) is 5.66. The van der Waals surface area contributed by atoms with Crippen LogP contribution in [0.3, 0.4) is 0 Å². The highest BCUT2D eigenvalue weighted by Crippen LogP contribution is 2.26. The summed E-state index contributed by atoms with van der Waals surface area (Å²) in [6, 6.07) is 24.5. The molecule has 0 amide bonds. The lowest BCUT2D eigenvalue weighted by Crippen LogP contribution is -2.21. The molecule has 5 rings (SSSR count). The minimum atomic E-state index is -0.604. The smallest absolute Gasteiger partial charge is 0.343 e. The van der Waals surface area contributed by atoms with Crippen LogP contribution in [0.2, 0.25) is 0 Å². The highest BCUT2D eigenvalue weighted by molar-refractivity contribution is 5.97. The Morgan fingerprint density at radius 3 is 1.51 bits per heavy atom. The maximum Gasteiger partial charge on any atom is 0.343 e. The number of hydrogen-bond donors (Lipinski definition) is 2. The Bertz CT molecular complexity index is 1760. The second-order valence-corrected chi connectivity index (χ2v) is 12.8. The molecule has 0 unspecified atom stereocenters. The summed E-state index contributed by atoms with van der Waals surface area (Å²) in [5.41, 5.74) is 1.02. The van der Waals surface area contributed by atoms with E-state index in [2.05, 4.69) is 6.92 Å². The monoisotopic (exact) mass is 724 g/mol. The average molecular weight is 725 g/mol. The van der Waals surface area contributed by atoms with E-state index in [1.807, 2.05) is 0 Å². The van der Waals surface area contributed by atoms with Crippen LogP contribution in [0.1, 0.15) is 125 Å². The summed E-state index contributed by atoms with van der Waals surface area (Å²) in [4.78, 5) is 49.3. The number of unbranched alkanes of at least 4 members (excludes halogenated alkanes) is 6. The summed E-state index contributed by atoms with van der Waals surface area (Å²) in [6.45, 7) is 2.55. The minimum Gasteiger partial charge on any atom is -0.508 e. The molecule has 0 heterocycles. The summed E-state index contributed by atoms with van der Waals surface area (Å²) in [5, 5.41) is 18.6. The van der Waals surface area contributed by atoms with Crippen LogP contribution in [-0.2, 0) is 9.47 Å². The van der Waals surface area contributed by atoms with E-state index in [-0.39, 0.29) is 51.4 Å². The molecule has 0 aliphatic heterocycles. The van der Waals surface area contributed by atoms with Crippen LogP contribution in [0.5, 0.6) is 23.0 Å². The standard InChI is InChI=1S/C23H28O5.C20H20O5/c1-2-3-4-5-6-7-10-17-27-23(26)20-11-8-9-12-21(20)28-22(25)18-13-15-19(24)16-14-18;21-15-12-10-14(11-13-15)19(22)25-18-9-5-4-8-17(18)20(23)24-16-6-2-1-3-7-16/h8-9,11-16,24H,2-7,10,17H2,1H3;4-5,8-13,16,21H,1-3,6-7H2. The van der Waals surface area contributed by atoms with Crippen molar-refractivity contribution in [3.8, 4) is 23.0 Å². The van der Waals surface area contributed by atoms with E-state index >= 15 is 0 Å². The third kappa shape index (κ3) is 13.4. The lowest BCUT2D eigenvalue weighted by molar-refractivity contribution is 0.0207. The van der Waals surface area contributed by atoms with E-state index in [9.17, 15) is 29.4 Å². The normalized spacial score (nSPS) is 12.5. The fraction of sp³-hybridized carbons (Fsp3) is 0.349. The summed E-state index contributed by atoms with van der Waals surface area (Å²) in [6.07, 6.45) is 13.0. The van der Waals surface area contributed by atoms with E-state index < -0.39 is 23.9 Å². The molecular formula is C43H48O10. The van der Waals surface area contributed by atoms with Gasteiger partial charge < -0.3 is 29.2 Å². The Hall–Kier alpha value is -5.64. The van der Waals surface area contributed by atoms with Crippen molar-refractivity contribution in [2.24, 2.45) is 0 Å². The number of phenolic OH excluding ortho intramolecular Hbond substituents is 2. The number of esters is 4. The van der Waals surface area contributed by atoms with E-state index in [1.54, 1.807) is 48.5 Å². The lowest BCUT2D eigenvalue weighted by atomic mass is 9.98. The van der Waals surface area contributed by atoms with Crippen molar-refractivity contribution >= 4 is 23.9 Å². The molecule has 0 saturated heterocycles. The molecule has 4 aromatic rings. The average Bonchev–Trinajstić information content (AvgIpc) is 3.17. The fourth-order valence-electron chi connectivity index (χ4n) is 5.66. The SMILES string of the molecule is CCCCCCCCCOC(=O)c1ccccc1OC(=O)c1ccc(O)cc1.O=C(Oc1ccccc1C(=O)OC1CCCCC1)c1ccc(O)cc1. The zero-order chi connectivity index (χ0) is 37.8. The molecule has 2 N–H and O–H groups in total. The summed E-state index contributed by atoms with van der Waals surface area (Å²) < 4.78 is 21.6. The molecule has 10 heteroatoms. The Morgan fingerprint density at radius 2 is 1.00 bits per heavy atom. The topological polar surface area (TPSA) is 146 Å². The summed E-state index contributed by atoms with van der Waals surface area (Å²) in [5.74, 6) is -1.73. The van der Waals surface area contributed by atoms with Gasteiger partial charge in [0.2, 0.25) is 0 Å². The van der Waals surface area contributed by atoms with Gasteiger partial charge in [-0.1, -0.05) is 76.1 Å². The van der Waals surface area contributed by atoms with Crippen molar-refractivity contribution in [3.05, 3.63) is 119 Å². The van der Waals surface area contributed by atoms with Crippen LogP contribution in [0.15, 0.2) is 97.1 Å². The third-order valence-electron chi connectivity index (χ3n) is 8.63. The van der Waals surface area contributed by atoms with Gasteiger partial charge in [0, 0.05) is 0 Å². The predicted molar refractivity (Wildman–Crippen MR) is 200 cm³/mol. The van der Waals surface area contributed by atoms with Crippen molar-refractivity contribution < 1.29 is 48.3 Å². The number of hydrogen-bond acceptors (Lipinski definition) is 10. The van der Waals surface area contributed by atoms with Gasteiger partial charge in [0.15, 0.2) is 0 Å². The van der Waals surface area contributed by atoms with E-state index in [0.29, 0.717) is 6.61 Å². The number of carbonyl (C=O) groups excluding carboxylic acids is 4. The highest BCUT2D eigenvalue weighted by Gasteiger charge is 2.22. The van der Waals surface area contributed by atoms with Crippen LogP contribution in [-0.4, -0.2) is 46.8 Å². The van der Waals surface area contributed by atoms with Gasteiger partial charge in [-0.25, -0.2) is 19.2 Å². The zero-order valence-electron chi connectivity index (χ0n) is 30.2. The van der Waals surface area contributed by atoms with Crippen LogP contribution in [0.25, 0.3) is 0 Å². The molecule has 0 atom stereocenters. The lowest BCUT2D eigenvalue weighted by Gasteiger charge is -2.22. The Labute approximate surface area is 310 Å². The first kappa shape index (κ1) is 40.1. The van der Waals surface area contributed by atoms with Crippen LogP contribution in [0.4, 0.5) is 0 Å². The largest absolute Gasteiger partial charge is 0.508 e. The molecule has 53 heavy (non-hydrogen) atoms. The van der Waals surface area contributed by atoms with Gasteiger partial charge in [-0.15, -0.1) is 0 Å². The molecule has 10 nitrogen and oxygen atoms in total. The molecule has 1 aliphatic rings. The number of ether oxygens (including phenoxy) is 4. The maximum atomic E-state index is 12.4. The Morgan fingerprint density at radius 1 is 0.547 bits per heavy atom. The van der Waals surface area contributed by atoms with Gasteiger partial charge in [0.25, 0.3) is 0 Å². The van der Waals surface area contributed by atoms with Crippen molar-refractivity contribution in [2.45, 2.75) is 90.1 Å². The van der Waals surface area contributed by atoms with Gasteiger partial charge in [0.1, 0.15) is 40.2 Å². The molecule has 0 radical (unpaired) electrons. The highest BCUT2D eigenvalue weighted by atomic mass is 16.6. The summed E-state index contributed by atoms with van der Waals surface area (Å²) in [7, 11) is 0. The second-order valence-electron chi connectivity index (χ2n) is 12.8. The van der Waals surface area contributed by atoms with Crippen molar-refractivity contribution in [2.75, 3.05) is 6.61 Å². The number of aromatic hydroxyl groups is 2. The van der Waals surface area contributed by atoms with E-state index in [0.717, 1.165) is 44.9 Å². The van der Waals surface area contributed by atoms with Crippen LogP contribution in [0, 0.1) is 0 Å². The van der Waals surface area contributed by atoms with Crippen molar-refractivity contribution in [3.63, 3.8) is 0 Å². The zero-order valence-corrected chi connectivity index (χ0v) is 30.2. The van der Waals surface area contributed by atoms with Gasteiger partial charge in [-0.2, -0.15) is 0 Å². The first-order valence-corrected chi connectivity index (χ1v) is 18.3. The second kappa shape index (κ2) is 21.7. The molecular weight excluding hydrogens is 676 g/mol. The summed E-state index contributed by atoms with van der Waals surface area (Å²) >= 11 is 0. The van der Waals surface area contributed by atoms with E-state index in [4.69, 9.17) is 18.9 Å². The van der Waals surface area contributed by atoms with E-state index in [1.165, 1.54) is 80.6 Å². The number of benzene rings is 4. The van der Waals surface area contributed by atoms with Gasteiger partial charge in [0.05, 0.1) is 17.7 Å². The Kier molecular flexibility index (Phi) is 16.4. The molecule has 1 aliphatic carbocycles. The molecule has 0 bridgehead atoms. The maximum absolute atomic E-state index is 12.4. The number of para-hydroxylation sites is 2. The number of phenols is 2. The van der Waals surface area contributed by atoms with Gasteiger partial charge in [-0.3, -0.25) is 0 Å². The molecule has 280 valence electrons. The molecule has 1 saturated carbocycles. The quantitative estimate of drug-likeness (QED) is 0.0690. The van der Waals surface area contributed by atoms with Crippen LogP contribution >= 0.6 is 0 Å². The first-order valence-electron chi connectivity index (χ1n) is 18.3. The molecule has 4 aromatic carbocycles. The van der Waals surface area contributed by atoms with Crippen LogP contribution < -0.4 is 9.47 Å². The van der Waals surface area contributed by atoms with Gasteiger partial charge >= 0.3 is 23.9 Å². The predicted octanol–water partition coefficient (Wildman–Crippen LogP) is 9.62. The number of rotatable bonds is 15. The molecule has 0 spiro atoms. The third-order valence-corrected chi connectivity index (χ3v) is 8.63. The van der Waals surface area contributed by atoms with Crippen molar-refractivity contribution in [1.29, 1.82) is 0 Å². The van der Waals surface area contributed by atoms with Crippen molar-refractivity contribution in [1.82, 2.24) is 0 Å². The number of carbonyl (C=O) groups is 4.